The SMILES string of the molecule is CC(C)N1CCOc2c(F)cc(-c3nc(Cc4nc5ccc(C6CCNCC6)cc5[nH]4)ncc3F)cc21. The van der Waals surface area contributed by atoms with Crippen molar-refractivity contribution in [3.8, 4) is 17.0 Å². The maximum absolute atomic E-state index is 15.0. The van der Waals surface area contributed by atoms with Gasteiger partial charge in [0.15, 0.2) is 17.4 Å². The lowest BCUT2D eigenvalue weighted by Gasteiger charge is -2.34. The minimum absolute atomic E-state index is 0.0604. The second-order valence-corrected chi connectivity index (χ2v) is 10.1. The first kappa shape index (κ1) is 23.8. The Morgan fingerprint density at radius 3 is 2.73 bits per heavy atom. The van der Waals surface area contributed by atoms with E-state index in [0.717, 1.165) is 43.2 Å². The summed E-state index contributed by atoms with van der Waals surface area (Å²) in [7, 11) is 0. The first-order valence-electron chi connectivity index (χ1n) is 12.9. The Labute approximate surface area is 214 Å². The first-order chi connectivity index (χ1) is 18.0. The molecule has 9 heteroatoms. The molecule has 2 N–H and O–H groups in total. The minimum atomic E-state index is -0.604. The summed E-state index contributed by atoms with van der Waals surface area (Å²) in [5.41, 5.74) is 4.19. The molecule has 0 atom stereocenters. The van der Waals surface area contributed by atoms with Crippen LogP contribution in [0.25, 0.3) is 22.3 Å². The van der Waals surface area contributed by atoms with Crippen molar-refractivity contribution in [3.05, 3.63) is 65.4 Å². The molecule has 4 aromatic rings. The van der Waals surface area contributed by atoms with Crippen molar-refractivity contribution in [1.82, 2.24) is 25.3 Å². The van der Waals surface area contributed by atoms with Crippen molar-refractivity contribution < 1.29 is 13.5 Å². The van der Waals surface area contributed by atoms with Crippen molar-refractivity contribution in [2.45, 2.75) is 45.1 Å². The van der Waals surface area contributed by atoms with Gasteiger partial charge in [-0.25, -0.2) is 23.7 Å². The molecule has 37 heavy (non-hydrogen) atoms. The number of fused-ring (bicyclic) bond motifs is 2. The number of ether oxygens (including phenoxy) is 1. The maximum atomic E-state index is 15.0. The minimum Gasteiger partial charge on any atom is -0.486 e. The van der Waals surface area contributed by atoms with Crippen LogP contribution in [0.3, 0.4) is 0 Å². The van der Waals surface area contributed by atoms with Gasteiger partial charge < -0.3 is 19.9 Å². The van der Waals surface area contributed by atoms with Crippen LogP contribution >= 0.6 is 0 Å². The number of anilines is 1. The molecule has 1 saturated heterocycles. The molecule has 2 aliphatic heterocycles. The largest absolute Gasteiger partial charge is 0.486 e. The Morgan fingerprint density at radius 1 is 1.08 bits per heavy atom. The number of piperidine rings is 1. The van der Waals surface area contributed by atoms with E-state index in [1.807, 2.05) is 19.9 Å². The lowest BCUT2D eigenvalue weighted by Crippen LogP contribution is -2.38. The lowest BCUT2D eigenvalue weighted by molar-refractivity contribution is 0.287. The van der Waals surface area contributed by atoms with Gasteiger partial charge in [-0.2, -0.15) is 0 Å². The van der Waals surface area contributed by atoms with Crippen LogP contribution in [0.5, 0.6) is 5.75 Å². The molecule has 192 valence electrons. The first-order valence-corrected chi connectivity index (χ1v) is 12.9. The van der Waals surface area contributed by atoms with Gasteiger partial charge in [-0.3, -0.25) is 0 Å². The summed E-state index contributed by atoms with van der Waals surface area (Å²) in [6.45, 7) is 7.19. The Bertz CT molecular complexity index is 1450. The van der Waals surface area contributed by atoms with E-state index in [0.29, 0.717) is 48.4 Å². The summed E-state index contributed by atoms with van der Waals surface area (Å²) in [6.07, 6.45) is 3.70. The molecular weight excluding hydrogens is 474 g/mol. The predicted molar refractivity (Wildman–Crippen MR) is 139 cm³/mol. The number of halogens is 2. The van der Waals surface area contributed by atoms with Crippen LogP contribution in [0.4, 0.5) is 14.5 Å². The fourth-order valence-corrected chi connectivity index (χ4v) is 5.39. The summed E-state index contributed by atoms with van der Waals surface area (Å²) >= 11 is 0. The average molecular weight is 505 g/mol. The molecule has 6 rings (SSSR count). The number of hydrogen-bond acceptors (Lipinski definition) is 6. The molecule has 2 aromatic heterocycles. The van der Waals surface area contributed by atoms with Crippen LogP contribution in [-0.2, 0) is 6.42 Å². The van der Waals surface area contributed by atoms with Gasteiger partial charge in [-0.05, 0) is 75.5 Å². The number of nitrogens with one attached hydrogen (secondary N) is 2. The van der Waals surface area contributed by atoms with Crippen molar-refractivity contribution in [3.63, 3.8) is 0 Å². The van der Waals surface area contributed by atoms with Gasteiger partial charge in [0, 0.05) is 11.6 Å². The fraction of sp³-hybridized carbons (Fsp3) is 0.393. The van der Waals surface area contributed by atoms with Crippen molar-refractivity contribution in [2.75, 3.05) is 31.1 Å². The molecule has 0 spiro atoms. The Kier molecular flexibility index (Phi) is 6.24. The molecular formula is C28H30F2N6O. The van der Waals surface area contributed by atoms with E-state index in [-0.39, 0.29) is 17.5 Å². The number of benzene rings is 2. The predicted octanol–water partition coefficient (Wildman–Crippen LogP) is 4.96. The van der Waals surface area contributed by atoms with Gasteiger partial charge in [0.25, 0.3) is 0 Å². The topological polar surface area (TPSA) is 79.0 Å². The van der Waals surface area contributed by atoms with E-state index in [4.69, 9.17) is 9.72 Å². The standard InChI is InChI=1S/C28H30F2N6O/c1-16(2)36-9-10-37-28-20(29)11-19(13-24(28)36)27-21(30)15-32-25(35-27)14-26-33-22-4-3-18(12-23(22)34-26)17-5-7-31-8-6-17/h3-4,11-13,15-17,31H,5-10,14H2,1-2H3,(H,33,34). The van der Waals surface area contributed by atoms with Gasteiger partial charge in [0.1, 0.15) is 23.9 Å². The normalized spacial score (nSPS) is 16.3. The molecule has 0 saturated carbocycles. The second-order valence-electron chi connectivity index (χ2n) is 10.1. The number of nitrogens with zero attached hydrogens (tertiary/aromatic N) is 4. The van der Waals surface area contributed by atoms with Crippen LogP contribution in [0, 0.1) is 11.6 Å². The van der Waals surface area contributed by atoms with E-state index in [1.54, 1.807) is 6.07 Å². The molecule has 2 aromatic carbocycles. The number of imidazole rings is 1. The average Bonchev–Trinajstić information content (AvgIpc) is 3.31. The molecule has 4 heterocycles. The molecule has 1 fully saturated rings. The van der Waals surface area contributed by atoms with Crippen molar-refractivity contribution in [2.24, 2.45) is 0 Å². The number of H-pyrrole nitrogens is 1. The summed E-state index contributed by atoms with van der Waals surface area (Å²) in [5, 5.41) is 3.41. The molecule has 0 bridgehead atoms. The van der Waals surface area contributed by atoms with Crippen LogP contribution < -0.4 is 15.0 Å². The van der Waals surface area contributed by atoms with E-state index >= 15 is 0 Å². The van der Waals surface area contributed by atoms with E-state index in [1.165, 1.54) is 11.6 Å². The Morgan fingerprint density at radius 2 is 1.92 bits per heavy atom. The Balaban J connectivity index is 1.30. The van der Waals surface area contributed by atoms with E-state index < -0.39 is 11.6 Å². The van der Waals surface area contributed by atoms with Gasteiger partial charge >= 0.3 is 0 Å². The molecule has 7 nitrogen and oxygen atoms in total. The highest BCUT2D eigenvalue weighted by molar-refractivity contribution is 5.76. The van der Waals surface area contributed by atoms with E-state index in [2.05, 4.69) is 37.3 Å². The highest BCUT2D eigenvalue weighted by Gasteiger charge is 2.26. The third kappa shape index (κ3) is 4.64. The maximum Gasteiger partial charge on any atom is 0.178 e. The quantitative estimate of drug-likeness (QED) is 0.400. The summed E-state index contributed by atoms with van der Waals surface area (Å²) < 4.78 is 35.4. The Hall–Kier alpha value is -3.59. The van der Waals surface area contributed by atoms with Crippen molar-refractivity contribution >= 4 is 16.7 Å². The smallest absolute Gasteiger partial charge is 0.178 e. The highest BCUT2D eigenvalue weighted by atomic mass is 19.1. The fourth-order valence-electron chi connectivity index (χ4n) is 5.39. The van der Waals surface area contributed by atoms with Crippen LogP contribution in [0.15, 0.2) is 36.5 Å². The molecule has 2 aliphatic rings. The molecule has 0 aliphatic carbocycles. The second kappa shape index (κ2) is 9.70. The number of rotatable bonds is 5. The molecule has 0 amide bonds. The number of aromatic nitrogens is 4. The zero-order chi connectivity index (χ0) is 25.5. The van der Waals surface area contributed by atoms with Crippen LogP contribution in [-0.4, -0.2) is 52.2 Å². The monoisotopic (exact) mass is 504 g/mol. The zero-order valence-electron chi connectivity index (χ0n) is 21.0. The highest BCUT2D eigenvalue weighted by Crippen LogP contribution is 2.39. The van der Waals surface area contributed by atoms with Crippen LogP contribution in [0.1, 0.15) is 49.8 Å². The lowest BCUT2D eigenvalue weighted by atomic mass is 9.90. The van der Waals surface area contributed by atoms with E-state index in [9.17, 15) is 8.78 Å². The van der Waals surface area contributed by atoms with Crippen LogP contribution in [0.2, 0.25) is 0 Å². The zero-order valence-corrected chi connectivity index (χ0v) is 21.0. The molecule has 0 unspecified atom stereocenters. The van der Waals surface area contributed by atoms with Gasteiger partial charge in [-0.15, -0.1) is 0 Å². The third-order valence-corrected chi connectivity index (χ3v) is 7.29. The number of aromatic amines is 1. The summed E-state index contributed by atoms with van der Waals surface area (Å²) in [6, 6.07) is 9.55. The van der Waals surface area contributed by atoms with Gasteiger partial charge in [0.2, 0.25) is 0 Å². The van der Waals surface area contributed by atoms with Gasteiger partial charge in [-0.1, -0.05) is 6.07 Å². The summed E-state index contributed by atoms with van der Waals surface area (Å²) in [4.78, 5) is 18.8. The number of hydrogen-bond donors (Lipinski definition) is 2. The van der Waals surface area contributed by atoms with Crippen molar-refractivity contribution in [1.29, 1.82) is 0 Å². The third-order valence-electron chi connectivity index (χ3n) is 7.29. The van der Waals surface area contributed by atoms with Gasteiger partial charge in [0.05, 0.1) is 35.9 Å². The summed E-state index contributed by atoms with van der Waals surface area (Å²) in [5.74, 6) is 0.723. The molecule has 0 radical (unpaired) electrons.